The summed E-state index contributed by atoms with van der Waals surface area (Å²) in [6.07, 6.45) is 11.4. The van der Waals surface area contributed by atoms with Gasteiger partial charge in [-0.2, -0.15) is 0 Å². The average Bonchev–Trinajstić information content (AvgIpc) is 3.04. The molecule has 0 aromatic heterocycles. The highest BCUT2D eigenvalue weighted by molar-refractivity contribution is 5.74. The number of carbonyl (C=O) groups is 1. The molecule has 1 heterocycles. The molecule has 4 heteroatoms. The van der Waals surface area contributed by atoms with Crippen LogP contribution in [0.5, 0.6) is 0 Å². The van der Waals surface area contributed by atoms with Crippen LogP contribution in [0.3, 0.4) is 0 Å². The molecule has 0 spiro atoms. The first kappa shape index (κ1) is 18.6. The molecule has 1 aliphatic heterocycles. The molecule has 1 saturated heterocycles. The lowest BCUT2D eigenvalue weighted by atomic mass is 9.83. The molecule has 0 radical (unpaired) electrons. The Morgan fingerprint density at radius 1 is 1.13 bits per heavy atom. The van der Waals surface area contributed by atoms with Gasteiger partial charge in [0.15, 0.2) is 0 Å². The molecule has 0 aromatic rings. The first-order valence-electron chi connectivity index (χ1n) is 9.84. The molecule has 0 aromatic carbocycles. The molecule has 1 saturated carbocycles. The van der Waals surface area contributed by atoms with Crippen LogP contribution in [-0.4, -0.2) is 54.6 Å². The molecule has 1 N–H and O–H groups in total. The molecule has 134 valence electrons. The average molecular weight is 324 g/mol. The Kier molecular flexibility index (Phi) is 7.68. The second-order valence-corrected chi connectivity index (χ2v) is 7.81. The van der Waals surface area contributed by atoms with Crippen molar-refractivity contribution in [3.8, 4) is 0 Å². The summed E-state index contributed by atoms with van der Waals surface area (Å²) >= 11 is 0. The first-order valence-corrected chi connectivity index (χ1v) is 9.84. The topological polar surface area (TPSA) is 35.6 Å². The van der Waals surface area contributed by atoms with Gasteiger partial charge in [0, 0.05) is 25.2 Å². The normalized spacial score (nSPS) is 23.0. The fraction of sp³-hybridized carbons (Fsp3) is 0.947. The van der Waals surface area contributed by atoms with Crippen molar-refractivity contribution in [3.05, 3.63) is 0 Å². The first-order chi connectivity index (χ1) is 11.1. The highest BCUT2D eigenvalue weighted by Gasteiger charge is 2.34. The Bertz CT molecular complexity index is 353. The summed E-state index contributed by atoms with van der Waals surface area (Å²) in [5.74, 6) is 0.761. The summed E-state index contributed by atoms with van der Waals surface area (Å²) in [5, 5.41) is 3.17. The van der Waals surface area contributed by atoms with Gasteiger partial charge in [0.25, 0.3) is 0 Å². The zero-order chi connectivity index (χ0) is 16.7. The van der Waals surface area contributed by atoms with Crippen LogP contribution in [-0.2, 0) is 0 Å². The fourth-order valence-corrected chi connectivity index (χ4v) is 4.09. The zero-order valence-corrected chi connectivity index (χ0v) is 15.5. The van der Waals surface area contributed by atoms with E-state index in [1.165, 1.54) is 44.9 Å². The van der Waals surface area contributed by atoms with Gasteiger partial charge in [0.2, 0.25) is 0 Å². The van der Waals surface area contributed by atoms with Crippen LogP contribution < -0.4 is 5.32 Å². The SMILES string of the molecule is CC(C)N(C)CCCCNC(=O)N1CCCC1C1CCCCC1. The molecule has 0 bridgehead atoms. The van der Waals surface area contributed by atoms with Gasteiger partial charge in [-0.05, 0) is 71.9 Å². The summed E-state index contributed by atoms with van der Waals surface area (Å²) in [6, 6.07) is 1.31. The highest BCUT2D eigenvalue weighted by Crippen LogP contribution is 2.34. The van der Waals surface area contributed by atoms with Crippen molar-refractivity contribution in [1.29, 1.82) is 0 Å². The van der Waals surface area contributed by atoms with E-state index < -0.39 is 0 Å². The van der Waals surface area contributed by atoms with E-state index in [2.05, 4.69) is 36.0 Å². The standard InChI is InChI=1S/C19H37N3O/c1-16(2)21(3)14-8-7-13-20-19(23)22-15-9-12-18(22)17-10-5-4-6-11-17/h16-18H,4-15H2,1-3H3,(H,20,23). The van der Waals surface area contributed by atoms with Gasteiger partial charge in [-0.15, -0.1) is 0 Å². The quantitative estimate of drug-likeness (QED) is 0.722. The van der Waals surface area contributed by atoms with Gasteiger partial charge < -0.3 is 15.1 Å². The minimum atomic E-state index is 0.190. The van der Waals surface area contributed by atoms with E-state index in [1.54, 1.807) is 0 Å². The number of hydrogen-bond donors (Lipinski definition) is 1. The molecule has 2 aliphatic rings. The Morgan fingerprint density at radius 2 is 1.87 bits per heavy atom. The van der Waals surface area contributed by atoms with Crippen molar-refractivity contribution >= 4 is 6.03 Å². The summed E-state index contributed by atoms with van der Waals surface area (Å²) in [5.41, 5.74) is 0. The van der Waals surface area contributed by atoms with Crippen molar-refractivity contribution in [2.24, 2.45) is 5.92 Å². The molecule has 4 nitrogen and oxygen atoms in total. The Morgan fingerprint density at radius 3 is 2.57 bits per heavy atom. The van der Waals surface area contributed by atoms with Gasteiger partial charge in [0.05, 0.1) is 0 Å². The number of amides is 2. The molecular weight excluding hydrogens is 286 g/mol. The maximum atomic E-state index is 12.5. The molecule has 2 fully saturated rings. The molecular formula is C19H37N3O. The predicted molar refractivity (Wildman–Crippen MR) is 96.7 cm³/mol. The lowest BCUT2D eigenvalue weighted by Crippen LogP contribution is -2.46. The van der Waals surface area contributed by atoms with Crippen LogP contribution in [0.1, 0.15) is 71.6 Å². The third-order valence-electron chi connectivity index (χ3n) is 5.85. The third-order valence-corrected chi connectivity index (χ3v) is 5.85. The lowest BCUT2D eigenvalue weighted by molar-refractivity contribution is 0.156. The van der Waals surface area contributed by atoms with Crippen LogP contribution in [0.25, 0.3) is 0 Å². The summed E-state index contributed by atoms with van der Waals surface area (Å²) < 4.78 is 0. The number of likely N-dealkylation sites (tertiary alicyclic amines) is 1. The van der Waals surface area contributed by atoms with Crippen molar-refractivity contribution in [2.45, 2.75) is 83.7 Å². The van der Waals surface area contributed by atoms with E-state index in [4.69, 9.17) is 0 Å². The van der Waals surface area contributed by atoms with E-state index in [0.717, 1.165) is 38.4 Å². The van der Waals surface area contributed by atoms with Crippen molar-refractivity contribution in [2.75, 3.05) is 26.7 Å². The van der Waals surface area contributed by atoms with Crippen LogP contribution in [0.2, 0.25) is 0 Å². The number of unbranched alkanes of at least 4 members (excludes halogenated alkanes) is 1. The zero-order valence-electron chi connectivity index (χ0n) is 15.5. The van der Waals surface area contributed by atoms with Gasteiger partial charge >= 0.3 is 6.03 Å². The number of nitrogens with one attached hydrogen (secondary N) is 1. The number of urea groups is 1. The maximum Gasteiger partial charge on any atom is 0.317 e. The van der Waals surface area contributed by atoms with Gasteiger partial charge in [-0.3, -0.25) is 0 Å². The van der Waals surface area contributed by atoms with Crippen LogP contribution in [0, 0.1) is 5.92 Å². The minimum absolute atomic E-state index is 0.190. The number of nitrogens with zero attached hydrogens (tertiary/aromatic N) is 2. The Balaban J connectivity index is 1.66. The van der Waals surface area contributed by atoms with Crippen LogP contribution >= 0.6 is 0 Å². The Labute approximate surface area is 143 Å². The summed E-state index contributed by atoms with van der Waals surface area (Å²) in [4.78, 5) is 17.0. The number of rotatable bonds is 7. The molecule has 2 rings (SSSR count). The summed E-state index contributed by atoms with van der Waals surface area (Å²) in [6.45, 7) is 7.34. The highest BCUT2D eigenvalue weighted by atomic mass is 16.2. The van der Waals surface area contributed by atoms with Gasteiger partial charge in [-0.25, -0.2) is 4.79 Å². The van der Waals surface area contributed by atoms with E-state index >= 15 is 0 Å². The predicted octanol–water partition coefficient (Wildman–Crippen LogP) is 3.86. The largest absolute Gasteiger partial charge is 0.338 e. The Hall–Kier alpha value is -0.770. The second-order valence-electron chi connectivity index (χ2n) is 7.81. The van der Waals surface area contributed by atoms with Gasteiger partial charge in [-0.1, -0.05) is 19.3 Å². The number of carbonyl (C=O) groups excluding carboxylic acids is 1. The molecule has 1 unspecified atom stereocenters. The van der Waals surface area contributed by atoms with Crippen molar-refractivity contribution in [1.82, 2.24) is 15.1 Å². The minimum Gasteiger partial charge on any atom is -0.338 e. The van der Waals surface area contributed by atoms with E-state index in [9.17, 15) is 4.79 Å². The molecule has 1 aliphatic carbocycles. The summed E-state index contributed by atoms with van der Waals surface area (Å²) in [7, 11) is 2.17. The lowest BCUT2D eigenvalue weighted by Gasteiger charge is -2.34. The van der Waals surface area contributed by atoms with E-state index in [1.807, 2.05) is 0 Å². The van der Waals surface area contributed by atoms with Crippen LogP contribution in [0.15, 0.2) is 0 Å². The van der Waals surface area contributed by atoms with Crippen molar-refractivity contribution < 1.29 is 4.79 Å². The molecule has 1 atom stereocenters. The van der Waals surface area contributed by atoms with E-state index in [0.29, 0.717) is 12.1 Å². The van der Waals surface area contributed by atoms with E-state index in [-0.39, 0.29) is 6.03 Å². The number of hydrogen-bond acceptors (Lipinski definition) is 2. The monoisotopic (exact) mass is 323 g/mol. The fourth-order valence-electron chi connectivity index (χ4n) is 4.09. The maximum absolute atomic E-state index is 12.5. The smallest absolute Gasteiger partial charge is 0.317 e. The van der Waals surface area contributed by atoms with Crippen molar-refractivity contribution in [3.63, 3.8) is 0 Å². The third kappa shape index (κ3) is 5.66. The van der Waals surface area contributed by atoms with Gasteiger partial charge in [0.1, 0.15) is 0 Å². The van der Waals surface area contributed by atoms with Crippen LogP contribution in [0.4, 0.5) is 4.79 Å². The molecule has 2 amide bonds. The second kappa shape index (κ2) is 9.51. The molecule has 23 heavy (non-hydrogen) atoms.